The smallest absolute Gasteiger partial charge is 0.307 e. The fourth-order valence-electron chi connectivity index (χ4n) is 4.02. The number of nitrogens with zero attached hydrogens (tertiary/aromatic N) is 4. The topological polar surface area (TPSA) is 89.3 Å². The van der Waals surface area contributed by atoms with E-state index in [4.69, 9.17) is 9.72 Å². The molecule has 0 aliphatic carbocycles. The summed E-state index contributed by atoms with van der Waals surface area (Å²) in [4.78, 5) is 36.1. The van der Waals surface area contributed by atoms with Crippen molar-refractivity contribution in [2.24, 2.45) is 7.05 Å². The van der Waals surface area contributed by atoms with Gasteiger partial charge in [0, 0.05) is 31.0 Å². The molecule has 8 heteroatoms. The molecule has 0 saturated carbocycles. The number of rotatable bonds is 10. The number of allylic oxidation sites excluding steroid dienone is 1. The predicted molar refractivity (Wildman–Crippen MR) is 169 cm³/mol. The fraction of sp³-hybridized carbons (Fsp3) is 0.333. The molecule has 8 nitrogen and oxygen atoms in total. The first kappa shape index (κ1) is 32.8. The Morgan fingerprint density at radius 2 is 1.68 bits per heavy atom. The van der Waals surface area contributed by atoms with Gasteiger partial charge in [0.25, 0.3) is 5.91 Å². The van der Waals surface area contributed by atoms with Crippen LogP contribution in [0.3, 0.4) is 0 Å². The maximum absolute atomic E-state index is 13.5. The van der Waals surface area contributed by atoms with Crippen LogP contribution in [0.2, 0.25) is 0 Å². The van der Waals surface area contributed by atoms with Gasteiger partial charge in [0.15, 0.2) is 0 Å². The van der Waals surface area contributed by atoms with Crippen molar-refractivity contribution in [2.75, 3.05) is 23.4 Å². The number of imidazole rings is 1. The van der Waals surface area contributed by atoms with Crippen molar-refractivity contribution in [1.29, 1.82) is 0 Å². The van der Waals surface area contributed by atoms with Gasteiger partial charge in [0.05, 0.1) is 30.6 Å². The van der Waals surface area contributed by atoms with Crippen LogP contribution < -0.4 is 10.2 Å². The van der Waals surface area contributed by atoms with Gasteiger partial charge in [-0.25, -0.2) is 9.97 Å². The highest BCUT2D eigenvalue weighted by Crippen LogP contribution is 2.22. The minimum atomic E-state index is -0.359. The molecule has 2 aromatic heterocycles. The molecule has 4 rings (SSSR count). The number of aryl methyl sites for hydroxylation is 1. The Balaban J connectivity index is 0.00000141. The van der Waals surface area contributed by atoms with Gasteiger partial charge in [0.2, 0.25) is 0 Å². The third-order valence-corrected chi connectivity index (χ3v) is 6.06. The lowest BCUT2D eigenvalue weighted by Crippen LogP contribution is -2.34. The third kappa shape index (κ3) is 8.76. The van der Waals surface area contributed by atoms with E-state index in [0.29, 0.717) is 30.0 Å². The van der Waals surface area contributed by atoms with Crippen LogP contribution in [0.1, 0.15) is 69.7 Å². The van der Waals surface area contributed by atoms with Gasteiger partial charge in [-0.2, -0.15) is 0 Å². The van der Waals surface area contributed by atoms with Crippen molar-refractivity contribution in [2.45, 2.75) is 54.5 Å². The second kappa shape index (κ2) is 16.6. The van der Waals surface area contributed by atoms with Crippen LogP contribution in [-0.2, 0) is 23.1 Å². The van der Waals surface area contributed by atoms with E-state index in [2.05, 4.69) is 16.9 Å². The summed E-state index contributed by atoms with van der Waals surface area (Å²) in [5.74, 6) is 0.698. The van der Waals surface area contributed by atoms with Crippen LogP contribution in [0, 0.1) is 0 Å². The zero-order valence-electron chi connectivity index (χ0n) is 25.4. The zero-order chi connectivity index (χ0) is 30.4. The molecule has 2 heterocycles. The van der Waals surface area contributed by atoms with Crippen molar-refractivity contribution in [3.63, 3.8) is 0 Å². The van der Waals surface area contributed by atoms with Crippen molar-refractivity contribution in [1.82, 2.24) is 14.5 Å². The second-order valence-electron chi connectivity index (χ2n) is 8.70. The number of hydrogen-bond acceptors (Lipinski definition) is 6. The van der Waals surface area contributed by atoms with Crippen LogP contribution in [-0.4, -0.2) is 39.6 Å². The van der Waals surface area contributed by atoms with Gasteiger partial charge < -0.3 is 14.6 Å². The lowest BCUT2D eigenvalue weighted by Gasteiger charge is -2.21. The lowest BCUT2D eigenvalue weighted by atomic mass is 10.1. The van der Waals surface area contributed by atoms with Crippen LogP contribution in [0.15, 0.2) is 73.4 Å². The number of anilines is 2. The van der Waals surface area contributed by atoms with Gasteiger partial charge in [-0.05, 0) is 61.9 Å². The normalized spacial score (nSPS) is 10.0. The van der Waals surface area contributed by atoms with Gasteiger partial charge in [-0.15, -0.1) is 0 Å². The van der Waals surface area contributed by atoms with Crippen molar-refractivity contribution in [3.8, 4) is 0 Å². The molecule has 0 unspecified atom stereocenters. The molecule has 0 fully saturated rings. The van der Waals surface area contributed by atoms with Crippen LogP contribution >= 0.6 is 0 Å². The number of benzene rings is 2. The number of nitrogens with one attached hydrogen (secondary N) is 1. The summed E-state index contributed by atoms with van der Waals surface area (Å²) in [6, 6.07) is 18.9. The highest BCUT2D eigenvalue weighted by Gasteiger charge is 2.21. The van der Waals surface area contributed by atoms with E-state index in [1.807, 2.05) is 76.6 Å². The van der Waals surface area contributed by atoms with Crippen molar-refractivity contribution < 1.29 is 14.3 Å². The van der Waals surface area contributed by atoms with E-state index in [1.54, 1.807) is 43.5 Å². The molecule has 0 spiro atoms. The Morgan fingerprint density at radius 3 is 2.29 bits per heavy atom. The quantitative estimate of drug-likeness (QED) is 0.206. The SMILES string of the molecule is C=C(C)c1ccc(NCc2nc3cc(C(=O)N(CCC(=O)OCC)c4ccccn4)ccc3n2C)cc1.CC.CC. The average molecular weight is 558 g/mol. The molecule has 0 aliphatic heterocycles. The van der Waals surface area contributed by atoms with E-state index in [1.165, 1.54) is 4.90 Å². The standard InChI is InChI=1S/C29H31N5O3.2C2H6/c1-5-37-28(35)15-17-34(26-8-6-7-16-30-26)29(36)22-11-14-25-24(18-22)32-27(33(25)4)19-31-23-12-9-21(10-13-23)20(2)3;2*1-2/h6-14,16,18,31H,2,5,15,17,19H2,1,3-4H3;2*1-2H3. The van der Waals surface area contributed by atoms with Gasteiger partial charge >= 0.3 is 5.97 Å². The van der Waals surface area contributed by atoms with Crippen molar-refractivity contribution in [3.05, 3.63) is 90.4 Å². The van der Waals surface area contributed by atoms with Crippen LogP contribution in [0.25, 0.3) is 16.6 Å². The molecule has 0 atom stereocenters. The molecular weight excluding hydrogens is 514 g/mol. The summed E-state index contributed by atoms with van der Waals surface area (Å²) < 4.78 is 7.05. The maximum Gasteiger partial charge on any atom is 0.307 e. The number of ether oxygens (including phenoxy) is 1. The largest absolute Gasteiger partial charge is 0.466 e. The summed E-state index contributed by atoms with van der Waals surface area (Å²) in [5.41, 5.74) is 5.22. The van der Waals surface area contributed by atoms with E-state index in [9.17, 15) is 9.59 Å². The summed E-state index contributed by atoms with van der Waals surface area (Å²) >= 11 is 0. The first-order valence-corrected chi connectivity index (χ1v) is 14.2. The number of carbonyl (C=O) groups excluding carboxylic acids is 2. The highest BCUT2D eigenvalue weighted by molar-refractivity contribution is 6.07. The average Bonchev–Trinajstić information content (AvgIpc) is 3.33. The number of aromatic nitrogens is 3. The summed E-state index contributed by atoms with van der Waals surface area (Å²) in [6.07, 6.45) is 1.69. The Morgan fingerprint density at radius 1 is 1.00 bits per heavy atom. The molecule has 218 valence electrons. The highest BCUT2D eigenvalue weighted by atomic mass is 16.5. The fourth-order valence-corrected chi connectivity index (χ4v) is 4.02. The summed E-state index contributed by atoms with van der Waals surface area (Å²) in [6.45, 7) is 16.7. The summed E-state index contributed by atoms with van der Waals surface area (Å²) in [5, 5.41) is 3.40. The van der Waals surface area contributed by atoms with Gasteiger partial charge in [0.1, 0.15) is 11.6 Å². The van der Waals surface area contributed by atoms with E-state index in [-0.39, 0.29) is 24.8 Å². The van der Waals surface area contributed by atoms with E-state index >= 15 is 0 Å². The molecule has 0 bridgehead atoms. The van der Waals surface area contributed by atoms with E-state index < -0.39 is 0 Å². The zero-order valence-corrected chi connectivity index (χ0v) is 25.4. The number of carbonyl (C=O) groups is 2. The molecule has 2 aromatic carbocycles. The number of fused-ring (bicyclic) bond motifs is 1. The Kier molecular flexibility index (Phi) is 13.3. The Bertz CT molecular complexity index is 1410. The third-order valence-electron chi connectivity index (χ3n) is 6.06. The number of hydrogen-bond donors (Lipinski definition) is 1. The minimum Gasteiger partial charge on any atom is -0.466 e. The first-order chi connectivity index (χ1) is 19.9. The molecule has 0 saturated heterocycles. The number of amides is 1. The minimum absolute atomic E-state index is 0.0746. The second-order valence-corrected chi connectivity index (χ2v) is 8.70. The molecule has 0 aliphatic rings. The maximum atomic E-state index is 13.5. The van der Waals surface area contributed by atoms with Crippen molar-refractivity contribution >= 4 is 40.0 Å². The Labute approximate surface area is 244 Å². The molecule has 1 N–H and O–H groups in total. The molecule has 1 amide bonds. The molecule has 4 aromatic rings. The number of pyridine rings is 1. The number of esters is 1. The van der Waals surface area contributed by atoms with E-state index in [0.717, 1.165) is 28.2 Å². The predicted octanol–water partition coefficient (Wildman–Crippen LogP) is 7.27. The summed E-state index contributed by atoms with van der Waals surface area (Å²) in [7, 11) is 1.96. The molecule has 0 radical (unpaired) electrons. The van der Waals surface area contributed by atoms with Crippen LogP contribution in [0.5, 0.6) is 0 Å². The molecular formula is C33H43N5O3. The Hall–Kier alpha value is -4.46. The first-order valence-electron chi connectivity index (χ1n) is 14.2. The van der Waals surface area contributed by atoms with Crippen LogP contribution in [0.4, 0.5) is 11.5 Å². The lowest BCUT2D eigenvalue weighted by molar-refractivity contribution is -0.142. The monoisotopic (exact) mass is 557 g/mol. The van der Waals surface area contributed by atoms with Gasteiger partial charge in [-0.1, -0.05) is 58.0 Å². The molecule has 41 heavy (non-hydrogen) atoms. The van der Waals surface area contributed by atoms with Gasteiger partial charge in [-0.3, -0.25) is 14.5 Å².